The zero-order valence-electron chi connectivity index (χ0n) is 17.5. The van der Waals surface area contributed by atoms with Gasteiger partial charge < -0.3 is 4.90 Å². The highest BCUT2D eigenvalue weighted by atomic mass is 32.2. The van der Waals surface area contributed by atoms with E-state index in [4.69, 9.17) is 4.98 Å². The molecule has 2 heterocycles. The van der Waals surface area contributed by atoms with Crippen LogP contribution < -0.4 is 5.56 Å². The van der Waals surface area contributed by atoms with Gasteiger partial charge in [0.1, 0.15) is 10.6 Å². The van der Waals surface area contributed by atoms with Crippen LogP contribution in [-0.4, -0.2) is 46.1 Å². The Kier molecular flexibility index (Phi) is 6.76. The molecule has 0 aromatic carbocycles. The minimum Gasteiger partial charge on any atom is -0.309 e. The Labute approximate surface area is 180 Å². The molecule has 2 aromatic heterocycles. The summed E-state index contributed by atoms with van der Waals surface area (Å²) in [5, 5.41) is 1.54. The summed E-state index contributed by atoms with van der Waals surface area (Å²) < 4.78 is 1.87. The van der Waals surface area contributed by atoms with Crippen LogP contribution in [0.5, 0.6) is 0 Å². The van der Waals surface area contributed by atoms with Crippen LogP contribution >= 0.6 is 23.1 Å². The molecule has 0 amide bonds. The van der Waals surface area contributed by atoms with E-state index >= 15 is 0 Å². The summed E-state index contributed by atoms with van der Waals surface area (Å²) in [5.41, 5.74) is 1.36. The average molecular weight is 434 g/mol. The fourth-order valence-corrected chi connectivity index (χ4v) is 6.97. The van der Waals surface area contributed by atoms with Crippen molar-refractivity contribution in [1.29, 1.82) is 0 Å². The van der Waals surface area contributed by atoms with Gasteiger partial charge in [-0.05, 0) is 71.1 Å². The van der Waals surface area contributed by atoms with Gasteiger partial charge in [0.2, 0.25) is 0 Å². The molecule has 0 N–H and O–H groups in total. The lowest BCUT2D eigenvalue weighted by Crippen LogP contribution is -2.27. The number of hydrogen-bond donors (Lipinski definition) is 0. The maximum absolute atomic E-state index is 13.6. The molecular weight excluding hydrogens is 402 g/mol. The number of nitrogens with zero attached hydrogens (tertiary/aromatic N) is 3. The lowest BCUT2D eigenvalue weighted by molar-refractivity contribution is -0.118. The first-order valence-corrected chi connectivity index (χ1v) is 12.6. The van der Waals surface area contributed by atoms with Gasteiger partial charge in [-0.25, -0.2) is 4.98 Å². The number of Topliss-reactive ketones (excluding diaryl/α,β-unsaturated/α-hetero) is 1. The second-order valence-electron chi connectivity index (χ2n) is 8.57. The van der Waals surface area contributed by atoms with Crippen LogP contribution in [0.1, 0.15) is 61.8 Å². The SMILES string of the molecule is CN(C)CCCn1c(SC2CCCCCC2=O)nc2sc3c(c2c1=O)CCCC3. The van der Waals surface area contributed by atoms with E-state index in [2.05, 4.69) is 19.0 Å². The van der Waals surface area contributed by atoms with Crippen molar-refractivity contribution in [3.63, 3.8) is 0 Å². The van der Waals surface area contributed by atoms with E-state index in [0.29, 0.717) is 18.7 Å². The van der Waals surface area contributed by atoms with E-state index in [0.717, 1.165) is 73.3 Å². The number of thiophene rings is 1. The third-order valence-corrected chi connectivity index (χ3v) is 8.51. The minimum absolute atomic E-state index is 0.0588. The van der Waals surface area contributed by atoms with Crippen LogP contribution in [0.3, 0.4) is 0 Å². The quantitative estimate of drug-likeness (QED) is 0.503. The summed E-state index contributed by atoms with van der Waals surface area (Å²) in [4.78, 5) is 35.5. The number of ketones is 1. The summed E-state index contributed by atoms with van der Waals surface area (Å²) in [7, 11) is 4.11. The van der Waals surface area contributed by atoms with Gasteiger partial charge in [0.05, 0.1) is 10.6 Å². The summed E-state index contributed by atoms with van der Waals surface area (Å²) in [5.74, 6) is 0.326. The van der Waals surface area contributed by atoms with Crippen molar-refractivity contribution in [2.75, 3.05) is 20.6 Å². The Morgan fingerprint density at radius 1 is 1.10 bits per heavy atom. The average Bonchev–Trinajstić information content (AvgIpc) is 2.94. The van der Waals surface area contributed by atoms with Gasteiger partial charge in [0.25, 0.3) is 5.56 Å². The summed E-state index contributed by atoms with van der Waals surface area (Å²) in [6.45, 7) is 1.59. The first kappa shape index (κ1) is 21.1. The highest BCUT2D eigenvalue weighted by molar-refractivity contribution is 8.00. The second-order valence-corrected chi connectivity index (χ2v) is 10.8. The molecular formula is C22H31N3O2S2. The Bertz CT molecular complexity index is 948. The van der Waals surface area contributed by atoms with Gasteiger partial charge in [0.15, 0.2) is 5.16 Å². The third-order valence-electron chi connectivity index (χ3n) is 6.02. The van der Waals surface area contributed by atoms with Gasteiger partial charge in [-0.1, -0.05) is 24.6 Å². The van der Waals surface area contributed by atoms with Crippen molar-refractivity contribution >= 4 is 39.1 Å². The maximum atomic E-state index is 13.6. The molecule has 2 aliphatic carbocycles. The number of aryl methyl sites for hydroxylation is 2. The fourth-order valence-electron chi connectivity index (χ4n) is 4.43. The molecule has 2 aliphatic rings. The maximum Gasteiger partial charge on any atom is 0.263 e. The first-order valence-electron chi connectivity index (χ1n) is 10.9. The molecule has 1 saturated carbocycles. The van der Waals surface area contributed by atoms with Crippen LogP contribution in [0.15, 0.2) is 9.95 Å². The number of thioether (sulfide) groups is 1. The van der Waals surface area contributed by atoms with Crippen molar-refractivity contribution in [2.24, 2.45) is 0 Å². The topological polar surface area (TPSA) is 55.2 Å². The lowest BCUT2D eigenvalue weighted by atomic mass is 9.97. The predicted octanol–water partition coefficient (Wildman–Crippen LogP) is 4.28. The number of rotatable bonds is 6. The standard InChI is InChI=1S/C22H31N3O2S2/c1-24(2)13-8-14-25-21(27)19-15-9-6-7-11-17(15)28-20(19)23-22(25)29-18-12-5-3-4-10-16(18)26/h18H,3-14H2,1-2H3. The van der Waals surface area contributed by atoms with Crippen LogP contribution in [0.2, 0.25) is 0 Å². The van der Waals surface area contributed by atoms with Crippen molar-refractivity contribution in [1.82, 2.24) is 14.5 Å². The smallest absolute Gasteiger partial charge is 0.263 e. The summed E-state index contributed by atoms with van der Waals surface area (Å²) in [6.07, 6.45) is 10.1. The van der Waals surface area contributed by atoms with Crippen molar-refractivity contribution in [2.45, 2.75) is 81.2 Å². The largest absolute Gasteiger partial charge is 0.309 e. The van der Waals surface area contributed by atoms with Gasteiger partial charge in [-0.3, -0.25) is 14.2 Å². The summed E-state index contributed by atoms with van der Waals surface area (Å²) >= 11 is 3.24. The van der Waals surface area contributed by atoms with Gasteiger partial charge in [-0.2, -0.15) is 0 Å². The Morgan fingerprint density at radius 3 is 2.72 bits per heavy atom. The molecule has 5 nitrogen and oxygen atoms in total. The normalized spacial score (nSPS) is 20.2. The van der Waals surface area contributed by atoms with Crippen LogP contribution in [0.4, 0.5) is 0 Å². The van der Waals surface area contributed by atoms with Crippen LogP contribution in [0, 0.1) is 0 Å². The molecule has 4 rings (SSSR count). The number of hydrogen-bond acceptors (Lipinski definition) is 6. The number of aromatic nitrogens is 2. The van der Waals surface area contributed by atoms with E-state index in [1.807, 2.05) is 4.57 Å². The monoisotopic (exact) mass is 433 g/mol. The molecule has 2 aromatic rings. The predicted molar refractivity (Wildman–Crippen MR) is 121 cm³/mol. The molecule has 0 aliphatic heterocycles. The summed E-state index contributed by atoms with van der Waals surface area (Å²) in [6, 6.07) is 0. The van der Waals surface area contributed by atoms with Crippen molar-refractivity contribution in [3.8, 4) is 0 Å². The van der Waals surface area contributed by atoms with Crippen LogP contribution in [-0.2, 0) is 24.2 Å². The highest BCUT2D eigenvalue weighted by Crippen LogP contribution is 2.36. The number of fused-ring (bicyclic) bond motifs is 3. The molecule has 0 spiro atoms. The molecule has 7 heteroatoms. The molecule has 29 heavy (non-hydrogen) atoms. The first-order chi connectivity index (χ1) is 14.0. The lowest BCUT2D eigenvalue weighted by Gasteiger charge is -2.17. The molecule has 1 fully saturated rings. The van der Waals surface area contributed by atoms with Crippen molar-refractivity contribution in [3.05, 3.63) is 20.8 Å². The van der Waals surface area contributed by atoms with E-state index in [1.54, 1.807) is 23.1 Å². The zero-order chi connectivity index (χ0) is 20.4. The Morgan fingerprint density at radius 2 is 1.90 bits per heavy atom. The minimum atomic E-state index is -0.0588. The van der Waals surface area contributed by atoms with E-state index in [-0.39, 0.29) is 10.8 Å². The third kappa shape index (κ3) is 4.62. The van der Waals surface area contributed by atoms with Gasteiger partial charge >= 0.3 is 0 Å². The molecule has 0 bridgehead atoms. The Hall–Kier alpha value is -1.18. The van der Waals surface area contributed by atoms with E-state index in [9.17, 15) is 9.59 Å². The molecule has 158 valence electrons. The van der Waals surface area contributed by atoms with Gasteiger partial charge in [0, 0.05) is 17.8 Å². The highest BCUT2D eigenvalue weighted by Gasteiger charge is 2.26. The Balaban J connectivity index is 1.74. The molecule has 0 saturated heterocycles. The van der Waals surface area contributed by atoms with Gasteiger partial charge in [-0.15, -0.1) is 11.3 Å². The second kappa shape index (κ2) is 9.31. The number of carbonyl (C=O) groups is 1. The molecule has 1 atom stereocenters. The molecule has 0 radical (unpaired) electrons. The van der Waals surface area contributed by atoms with Crippen LogP contribution in [0.25, 0.3) is 10.2 Å². The van der Waals surface area contributed by atoms with E-state index < -0.39 is 0 Å². The van der Waals surface area contributed by atoms with E-state index in [1.165, 1.54) is 16.9 Å². The van der Waals surface area contributed by atoms with Crippen molar-refractivity contribution < 1.29 is 4.79 Å². The molecule has 1 unspecified atom stereocenters. The zero-order valence-corrected chi connectivity index (χ0v) is 19.2. The number of carbonyl (C=O) groups excluding carboxylic acids is 1. The fraction of sp³-hybridized carbons (Fsp3) is 0.682.